The van der Waals surface area contributed by atoms with E-state index in [0.717, 1.165) is 18.2 Å². The van der Waals surface area contributed by atoms with Crippen molar-refractivity contribution in [3.05, 3.63) is 60.2 Å². The molecule has 1 aliphatic rings. The summed E-state index contributed by atoms with van der Waals surface area (Å²) in [6.07, 6.45) is -5.41. The number of nitrogens with two attached hydrogens (primary N) is 2. The van der Waals surface area contributed by atoms with Gasteiger partial charge in [0.25, 0.3) is 0 Å². The summed E-state index contributed by atoms with van der Waals surface area (Å²) >= 11 is 0. The molecular weight excluding hydrogens is 989 g/mol. The maximum Gasteiger partial charge on any atom is 0.334 e. The summed E-state index contributed by atoms with van der Waals surface area (Å²) in [7, 11) is 5.92. The van der Waals surface area contributed by atoms with Gasteiger partial charge in [0, 0.05) is 29.6 Å². The Hall–Kier alpha value is -4.15. The Morgan fingerprint density at radius 3 is 2.09 bits per heavy atom. The second kappa shape index (κ2) is 31.3. The Balaban J connectivity index is 1.80. The molecule has 390 valence electrons. The first-order valence-corrected chi connectivity index (χ1v) is 27.3. The van der Waals surface area contributed by atoms with Crippen LogP contribution in [0.25, 0.3) is 0 Å². The summed E-state index contributed by atoms with van der Waals surface area (Å²) < 4.78 is 17.2. The molecule has 0 bridgehead atoms. The van der Waals surface area contributed by atoms with Gasteiger partial charge in [-0.25, -0.2) is 4.79 Å². The topological polar surface area (TPSA) is 332 Å². The molecule has 1 fully saturated rings. The first-order chi connectivity index (χ1) is 33.3. The summed E-state index contributed by atoms with van der Waals surface area (Å²) in [5.41, 5.74) is 12.5. The van der Waals surface area contributed by atoms with Crippen LogP contribution < -0.4 is 48.1 Å². The highest BCUT2D eigenvalue weighted by atomic mass is 33.1. The average Bonchev–Trinajstić information content (AvgIpc) is 3.32. The van der Waals surface area contributed by atoms with Crippen molar-refractivity contribution in [3.63, 3.8) is 0 Å². The lowest BCUT2D eigenvalue weighted by Gasteiger charge is -2.42. The van der Waals surface area contributed by atoms with Crippen LogP contribution in [0.3, 0.4) is 0 Å². The second-order valence-corrected chi connectivity index (χ2v) is 22.7. The zero-order valence-electron chi connectivity index (χ0n) is 39.9. The van der Waals surface area contributed by atoms with E-state index in [1.54, 1.807) is 53.3 Å². The maximum absolute atomic E-state index is 14.1. The number of aliphatic hydroxyl groups is 3. The lowest BCUT2D eigenvalue weighted by Crippen LogP contribution is -2.65. The normalized spacial score (nSPS) is 19.6. The van der Waals surface area contributed by atoms with E-state index in [4.69, 9.17) is 25.7 Å². The number of esters is 1. The molecule has 1 heterocycles. The summed E-state index contributed by atoms with van der Waals surface area (Å²) in [6, 6.07) is 9.44. The molecule has 0 saturated carbocycles. The number of ether oxygens (including phenoxy) is 3. The zero-order chi connectivity index (χ0) is 51.8. The van der Waals surface area contributed by atoms with Gasteiger partial charge in [-0.15, -0.1) is 0 Å². The van der Waals surface area contributed by atoms with Crippen molar-refractivity contribution in [1.29, 1.82) is 0 Å². The van der Waals surface area contributed by atoms with Crippen LogP contribution in [0.4, 0.5) is 0 Å². The highest BCUT2D eigenvalue weighted by Gasteiger charge is 2.46. The van der Waals surface area contributed by atoms with Gasteiger partial charge in [0.15, 0.2) is 6.29 Å². The number of aliphatic hydroxyl groups excluding tert-OH is 3. The van der Waals surface area contributed by atoms with Crippen LogP contribution in [0.1, 0.15) is 59.4 Å². The van der Waals surface area contributed by atoms with Gasteiger partial charge >= 0.3 is 5.97 Å². The van der Waals surface area contributed by atoms with Crippen LogP contribution in [0.2, 0.25) is 0 Å². The van der Waals surface area contributed by atoms with Crippen LogP contribution in [-0.2, 0) is 49.5 Å². The Labute approximate surface area is 424 Å². The first kappa shape index (κ1) is 60.2. The third-order valence-electron chi connectivity index (χ3n) is 9.88. The number of carbonyl (C=O) groups is 7. The van der Waals surface area contributed by atoms with E-state index < -0.39 is 123 Å². The first-order valence-electron chi connectivity index (χ1n) is 22.6. The van der Waals surface area contributed by atoms with Crippen molar-refractivity contribution in [2.45, 2.75) is 125 Å². The number of nitrogens with one attached hydrogen (secondary N) is 6. The summed E-state index contributed by atoms with van der Waals surface area (Å²) in [5.74, 6) is -4.06. The molecular formula is C45H68N8O13S4. The van der Waals surface area contributed by atoms with Gasteiger partial charge in [-0.2, -0.15) is 0 Å². The predicted octanol–water partition coefficient (Wildman–Crippen LogP) is -0.122. The van der Waals surface area contributed by atoms with Crippen LogP contribution in [0.5, 0.6) is 5.75 Å². The molecule has 1 aliphatic heterocycles. The monoisotopic (exact) mass is 1060 g/mol. The highest BCUT2D eigenvalue weighted by molar-refractivity contribution is 8.77. The molecule has 0 aromatic heterocycles. The second-order valence-electron chi connectivity index (χ2n) is 16.9. The Morgan fingerprint density at radius 2 is 1.46 bits per heavy atom. The highest BCUT2D eigenvalue weighted by Crippen LogP contribution is 2.37. The van der Waals surface area contributed by atoms with E-state index in [0.29, 0.717) is 23.5 Å². The molecule has 0 radical (unpaired) electrons. The lowest BCUT2D eigenvalue weighted by molar-refractivity contribution is -0.271. The summed E-state index contributed by atoms with van der Waals surface area (Å²) in [5, 5.41) is 46.1. The fourth-order valence-corrected chi connectivity index (χ4v) is 10.6. The SMILES string of the molecule is CCSSc1ccccc1OC(=O)[C@H](Cc1ccccc1)NC(=O)CNC(=O)[C@H](CCCCN)NC(=O)[C@H](CO[C@H]1O[C@H](CO)[C@H](O)[C@H](O)[C@H]1NC(C)=O)NC(=O)CNC(=O)[C@@H](N)CSSC(C)(C)C. The number of amides is 6. The molecule has 0 spiro atoms. The quantitative estimate of drug-likeness (QED) is 0.0219. The number of benzene rings is 2. The zero-order valence-corrected chi connectivity index (χ0v) is 43.1. The Bertz CT molecular complexity index is 2010. The average molecular weight is 1060 g/mol. The molecule has 2 aromatic carbocycles. The molecule has 6 amide bonds. The third kappa shape index (κ3) is 21.7. The van der Waals surface area contributed by atoms with E-state index in [9.17, 15) is 48.9 Å². The molecule has 9 atom stereocenters. The van der Waals surface area contributed by atoms with Gasteiger partial charge in [0.2, 0.25) is 35.4 Å². The van der Waals surface area contributed by atoms with E-state index >= 15 is 0 Å². The Kier molecular flexibility index (Phi) is 26.9. The number of unbranched alkanes of at least 4 members (excludes halogenated alkanes) is 1. The predicted molar refractivity (Wildman–Crippen MR) is 270 cm³/mol. The van der Waals surface area contributed by atoms with Crippen LogP contribution in [-0.4, -0.2) is 161 Å². The standard InChI is InChI=1S/C45H68N8O13S4/c1-6-67-69-34-18-11-10-17-32(34)65-43(63)30(20-27-14-8-7-9-15-27)51-35(56)22-49-41(61)29(16-12-13-19-46)53-42(62)31(52-36(57)21-48-40(60)28(47)25-68-70-45(3,4)5)24-64-44-37(50-26(2)55)39(59)38(58)33(23-54)66-44/h7-11,14-15,17-18,28-31,33,37-39,44,54,58-59H,6,12-13,16,19-25,46-47H2,1-5H3,(H,48,60)(H,49,61)(H,50,55)(H,51,56)(H,52,57)(H,53,62)/t28-,29-,30-,31-,33+,37+,38-,39+,44-/m0/s1. The van der Waals surface area contributed by atoms with E-state index in [1.165, 1.54) is 32.4 Å². The van der Waals surface area contributed by atoms with Crippen LogP contribution >= 0.6 is 43.2 Å². The molecule has 1 saturated heterocycles. The van der Waals surface area contributed by atoms with Crippen LogP contribution in [0.15, 0.2) is 59.5 Å². The van der Waals surface area contributed by atoms with Gasteiger partial charge in [-0.05, 0) is 43.5 Å². The molecule has 70 heavy (non-hydrogen) atoms. The molecule has 13 N–H and O–H groups in total. The number of rotatable bonds is 29. The number of hydrogen-bond acceptors (Lipinski definition) is 19. The smallest absolute Gasteiger partial charge is 0.334 e. The van der Waals surface area contributed by atoms with E-state index in [2.05, 4.69) is 31.9 Å². The van der Waals surface area contributed by atoms with Crippen molar-refractivity contribution in [2.75, 3.05) is 44.4 Å². The summed E-state index contributed by atoms with van der Waals surface area (Å²) in [6.45, 7) is 6.65. The molecule has 0 aliphatic carbocycles. The molecule has 3 rings (SSSR count). The maximum atomic E-state index is 14.1. The van der Waals surface area contributed by atoms with Crippen molar-refractivity contribution in [1.82, 2.24) is 31.9 Å². The van der Waals surface area contributed by atoms with E-state index in [1.807, 2.05) is 39.8 Å². The van der Waals surface area contributed by atoms with Gasteiger partial charge in [0.05, 0.1) is 37.2 Å². The third-order valence-corrected chi connectivity index (χ3v) is 15.7. The molecule has 0 unspecified atom stereocenters. The minimum Gasteiger partial charge on any atom is -0.424 e. The van der Waals surface area contributed by atoms with Crippen molar-refractivity contribution < 1.29 is 63.1 Å². The number of hydrogen-bond donors (Lipinski definition) is 11. The van der Waals surface area contributed by atoms with E-state index in [-0.39, 0.29) is 29.9 Å². The fraction of sp³-hybridized carbons (Fsp3) is 0.578. The number of carbonyl (C=O) groups excluding carboxylic acids is 7. The summed E-state index contributed by atoms with van der Waals surface area (Å²) in [4.78, 5) is 93.9. The van der Waals surface area contributed by atoms with Gasteiger partial charge in [0.1, 0.15) is 48.2 Å². The van der Waals surface area contributed by atoms with Gasteiger partial charge in [-0.3, -0.25) is 28.8 Å². The molecule has 2 aromatic rings. The minimum atomic E-state index is -1.70. The van der Waals surface area contributed by atoms with Crippen LogP contribution in [0, 0.1) is 0 Å². The van der Waals surface area contributed by atoms with Crippen molar-refractivity contribution in [3.8, 4) is 5.75 Å². The largest absolute Gasteiger partial charge is 0.424 e. The van der Waals surface area contributed by atoms with Gasteiger partial charge in [-0.1, -0.05) is 113 Å². The fourth-order valence-electron chi connectivity index (χ4n) is 6.41. The number of para-hydroxylation sites is 1. The molecule has 25 heteroatoms. The molecule has 21 nitrogen and oxygen atoms in total. The van der Waals surface area contributed by atoms with Crippen molar-refractivity contribution >= 4 is 84.6 Å². The lowest BCUT2D eigenvalue weighted by atomic mass is 9.97. The minimum absolute atomic E-state index is 0.0205. The Morgan fingerprint density at radius 1 is 0.814 bits per heavy atom. The van der Waals surface area contributed by atoms with Crippen molar-refractivity contribution in [2.24, 2.45) is 11.5 Å². The van der Waals surface area contributed by atoms with Gasteiger partial charge < -0.3 is 72.9 Å².